The fraction of sp³-hybridized carbons (Fsp3) is 0.583. The highest BCUT2D eigenvalue weighted by Gasteiger charge is 2.19. The molecular weight excluding hydrogens is 246 g/mol. The van der Waals surface area contributed by atoms with Crippen molar-refractivity contribution in [3.05, 3.63) is 22.6 Å². The van der Waals surface area contributed by atoms with Crippen LogP contribution in [0.15, 0.2) is 16.9 Å². The van der Waals surface area contributed by atoms with E-state index in [1.54, 1.807) is 12.1 Å². The number of rotatable bonds is 3. The number of H-pyrrole nitrogens is 1. The van der Waals surface area contributed by atoms with Crippen molar-refractivity contribution < 1.29 is 5.11 Å². The lowest BCUT2D eigenvalue weighted by Crippen LogP contribution is -2.25. The number of aromatic amines is 1. The van der Waals surface area contributed by atoms with Crippen molar-refractivity contribution in [3.8, 4) is 0 Å². The van der Waals surface area contributed by atoms with Crippen LogP contribution >= 0.6 is 0 Å². The zero-order chi connectivity index (χ0) is 13.2. The highest BCUT2D eigenvalue weighted by Crippen LogP contribution is 2.24. The lowest BCUT2D eigenvalue weighted by molar-refractivity contribution is 0.104. The monoisotopic (exact) mass is 263 g/mol. The summed E-state index contributed by atoms with van der Waals surface area (Å²) in [5.41, 5.74) is 0.162. The minimum atomic E-state index is -0.341. The molecule has 0 aromatic carbocycles. The van der Waals surface area contributed by atoms with Crippen molar-refractivity contribution in [2.24, 2.45) is 5.92 Å². The number of anilines is 1. The van der Waals surface area contributed by atoms with Gasteiger partial charge < -0.3 is 10.4 Å². The second-order valence-electron chi connectivity index (χ2n) is 5.08. The summed E-state index contributed by atoms with van der Waals surface area (Å²) in [4.78, 5) is 11.4. The van der Waals surface area contributed by atoms with Gasteiger partial charge in [-0.2, -0.15) is 9.61 Å². The first-order chi connectivity index (χ1) is 9.22. The maximum Gasteiger partial charge on any atom is 0.364 e. The van der Waals surface area contributed by atoms with E-state index in [0.717, 1.165) is 32.2 Å². The van der Waals surface area contributed by atoms with Gasteiger partial charge in [-0.1, -0.05) is 6.42 Å². The Balaban J connectivity index is 1.67. The van der Waals surface area contributed by atoms with Crippen LogP contribution in [0.2, 0.25) is 0 Å². The first-order valence-corrected chi connectivity index (χ1v) is 6.59. The smallest absolute Gasteiger partial charge is 0.364 e. The number of aliphatic hydroxyl groups is 1. The molecule has 0 bridgehead atoms. The molecule has 0 aliphatic heterocycles. The molecule has 0 radical (unpaired) electrons. The molecule has 2 atom stereocenters. The third-order valence-electron chi connectivity index (χ3n) is 3.60. The molecule has 19 heavy (non-hydrogen) atoms. The average molecular weight is 263 g/mol. The van der Waals surface area contributed by atoms with Gasteiger partial charge in [0.25, 0.3) is 0 Å². The minimum absolute atomic E-state index is 0.174. The zero-order valence-electron chi connectivity index (χ0n) is 10.5. The van der Waals surface area contributed by atoms with Crippen molar-refractivity contribution in [3.63, 3.8) is 0 Å². The predicted octanol–water partition coefficient (Wildman–Crippen LogP) is 0.381. The summed E-state index contributed by atoms with van der Waals surface area (Å²) in [5.74, 6) is 1.11. The number of aliphatic hydroxyl groups excluding tert-OH is 1. The molecule has 1 aliphatic rings. The van der Waals surface area contributed by atoms with Gasteiger partial charge in [0.15, 0.2) is 5.65 Å². The summed E-state index contributed by atoms with van der Waals surface area (Å²) in [6.45, 7) is 0.766. The van der Waals surface area contributed by atoms with E-state index in [2.05, 4.69) is 20.6 Å². The van der Waals surface area contributed by atoms with E-state index in [9.17, 15) is 9.90 Å². The fourth-order valence-electron chi connectivity index (χ4n) is 2.59. The fourth-order valence-corrected chi connectivity index (χ4v) is 2.59. The van der Waals surface area contributed by atoms with Crippen molar-refractivity contribution in [2.45, 2.75) is 31.8 Å². The summed E-state index contributed by atoms with van der Waals surface area (Å²) < 4.78 is 1.23. The molecule has 3 N–H and O–H groups in total. The van der Waals surface area contributed by atoms with Crippen molar-refractivity contribution in [1.29, 1.82) is 0 Å². The Kier molecular flexibility index (Phi) is 3.20. The van der Waals surface area contributed by atoms with Gasteiger partial charge in [0.1, 0.15) is 5.82 Å². The maximum atomic E-state index is 11.4. The largest absolute Gasteiger partial charge is 0.393 e. The number of aromatic nitrogens is 4. The van der Waals surface area contributed by atoms with Gasteiger partial charge in [-0.25, -0.2) is 9.89 Å². The Morgan fingerprint density at radius 3 is 3.21 bits per heavy atom. The van der Waals surface area contributed by atoms with E-state index in [0.29, 0.717) is 17.4 Å². The van der Waals surface area contributed by atoms with Crippen molar-refractivity contribution >= 4 is 11.5 Å². The summed E-state index contributed by atoms with van der Waals surface area (Å²) >= 11 is 0. The Morgan fingerprint density at radius 1 is 1.47 bits per heavy atom. The highest BCUT2D eigenvalue weighted by molar-refractivity contribution is 5.42. The number of nitrogens with zero attached hydrogens (tertiary/aromatic N) is 3. The van der Waals surface area contributed by atoms with E-state index < -0.39 is 0 Å². The van der Waals surface area contributed by atoms with E-state index in [4.69, 9.17) is 0 Å². The Hall–Kier alpha value is -1.89. The molecule has 1 aliphatic carbocycles. The van der Waals surface area contributed by atoms with Crippen LogP contribution in [0.25, 0.3) is 5.65 Å². The molecule has 1 fully saturated rings. The minimum Gasteiger partial charge on any atom is -0.393 e. The van der Waals surface area contributed by atoms with Crippen LogP contribution < -0.4 is 11.0 Å². The molecule has 2 heterocycles. The van der Waals surface area contributed by atoms with Crippen molar-refractivity contribution in [2.75, 3.05) is 11.9 Å². The van der Waals surface area contributed by atoms with Crippen LogP contribution in [-0.4, -0.2) is 37.6 Å². The van der Waals surface area contributed by atoms with Gasteiger partial charge in [-0.15, -0.1) is 5.10 Å². The zero-order valence-corrected chi connectivity index (χ0v) is 10.5. The van der Waals surface area contributed by atoms with E-state index in [1.165, 1.54) is 4.52 Å². The standard InChI is InChI=1S/C12H17N5O2/c18-9-3-1-2-8(6-9)7-13-10-4-5-11-14-15-12(19)17(11)16-10/h4-5,8-9,18H,1-3,6-7H2,(H,13,16)(H,15,19). The molecule has 7 heteroatoms. The van der Waals surface area contributed by atoms with Crippen LogP contribution in [0.3, 0.4) is 0 Å². The topological polar surface area (TPSA) is 95.3 Å². The number of hydrogen-bond acceptors (Lipinski definition) is 5. The number of nitrogens with one attached hydrogen (secondary N) is 2. The molecule has 3 rings (SSSR count). The van der Waals surface area contributed by atoms with Gasteiger partial charge in [-0.3, -0.25) is 0 Å². The first-order valence-electron chi connectivity index (χ1n) is 6.59. The highest BCUT2D eigenvalue weighted by atomic mass is 16.3. The van der Waals surface area contributed by atoms with E-state index >= 15 is 0 Å². The average Bonchev–Trinajstić information content (AvgIpc) is 2.78. The summed E-state index contributed by atoms with van der Waals surface area (Å²) in [6.07, 6.45) is 3.76. The Bertz CT molecular complexity index is 620. The normalized spacial score (nSPS) is 23.6. The predicted molar refractivity (Wildman–Crippen MR) is 70.1 cm³/mol. The number of fused-ring (bicyclic) bond motifs is 1. The van der Waals surface area contributed by atoms with Gasteiger partial charge in [0.05, 0.1) is 6.10 Å². The number of hydrogen-bond donors (Lipinski definition) is 3. The maximum absolute atomic E-state index is 11.4. The molecule has 7 nitrogen and oxygen atoms in total. The second kappa shape index (κ2) is 5.00. The molecule has 0 spiro atoms. The molecule has 2 aromatic heterocycles. The van der Waals surface area contributed by atoms with Gasteiger partial charge in [-0.05, 0) is 37.3 Å². The molecule has 2 aromatic rings. The third-order valence-corrected chi connectivity index (χ3v) is 3.60. The second-order valence-corrected chi connectivity index (χ2v) is 5.08. The Morgan fingerprint density at radius 2 is 2.37 bits per heavy atom. The van der Waals surface area contributed by atoms with Crippen LogP contribution in [-0.2, 0) is 0 Å². The first kappa shape index (κ1) is 12.2. The van der Waals surface area contributed by atoms with Crippen LogP contribution in [0.5, 0.6) is 0 Å². The molecule has 1 saturated carbocycles. The lowest BCUT2D eigenvalue weighted by Gasteiger charge is -2.25. The summed E-state index contributed by atoms with van der Waals surface area (Å²) in [6, 6.07) is 3.54. The molecule has 2 unspecified atom stereocenters. The van der Waals surface area contributed by atoms with Crippen LogP contribution in [0.4, 0.5) is 5.82 Å². The molecule has 0 amide bonds. The summed E-state index contributed by atoms with van der Waals surface area (Å²) in [7, 11) is 0. The van der Waals surface area contributed by atoms with Crippen LogP contribution in [0.1, 0.15) is 25.7 Å². The van der Waals surface area contributed by atoms with E-state index in [1.807, 2.05) is 0 Å². The molecule has 0 saturated heterocycles. The van der Waals surface area contributed by atoms with Gasteiger partial charge in [0.2, 0.25) is 0 Å². The quantitative estimate of drug-likeness (QED) is 0.744. The molecule has 102 valence electrons. The lowest BCUT2D eigenvalue weighted by atomic mass is 9.87. The van der Waals surface area contributed by atoms with Crippen molar-refractivity contribution in [1.82, 2.24) is 19.8 Å². The van der Waals surface area contributed by atoms with Crippen LogP contribution in [0, 0.1) is 5.92 Å². The Labute approximate surface area is 109 Å². The van der Waals surface area contributed by atoms with Gasteiger partial charge >= 0.3 is 5.69 Å². The third kappa shape index (κ3) is 2.60. The van der Waals surface area contributed by atoms with Gasteiger partial charge in [0, 0.05) is 6.54 Å². The molecular formula is C12H17N5O2. The van der Waals surface area contributed by atoms with E-state index in [-0.39, 0.29) is 11.8 Å². The summed E-state index contributed by atoms with van der Waals surface area (Å²) in [5, 5.41) is 23.2. The SMILES string of the molecule is O=c1[nH]nc2ccc(NCC3CCCC(O)C3)nn12.